The molecule has 0 aliphatic heterocycles. The normalized spacial score (nSPS) is 13.8. The Bertz CT molecular complexity index is 673. The van der Waals surface area contributed by atoms with Crippen LogP contribution >= 0.6 is 15.9 Å². The molecule has 4 nitrogen and oxygen atoms in total. The van der Waals surface area contributed by atoms with Gasteiger partial charge in [0.15, 0.2) is 14.0 Å². The van der Waals surface area contributed by atoms with Gasteiger partial charge in [-0.15, -0.1) is 0 Å². The molecular weight excluding hydrogens is 358 g/mol. The van der Waals surface area contributed by atoms with Gasteiger partial charge in [0.25, 0.3) is 0 Å². The third-order valence-electron chi connectivity index (χ3n) is 4.37. The lowest BCUT2D eigenvalue weighted by atomic mass is 10.2. The van der Waals surface area contributed by atoms with Crippen LogP contribution in [0.2, 0.25) is 18.1 Å². The molecule has 120 valence electrons. The first-order valence-corrected chi connectivity index (χ1v) is 11.3. The van der Waals surface area contributed by atoms with E-state index in [4.69, 9.17) is 4.43 Å². The third-order valence-corrected chi connectivity index (χ3v) is 9.44. The van der Waals surface area contributed by atoms with E-state index in [1.807, 2.05) is 28.0 Å². The molecule has 0 bridgehead atoms. The number of hydrogen-bond acceptors (Lipinski definition) is 3. The highest BCUT2D eigenvalue weighted by Crippen LogP contribution is 2.36. The van der Waals surface area contributed by atoms with Crippen LogP contribution in [-0.2, 0) is 4.43 Å². The second kappa shape index (κ2) is 6.64. The summed E-state index contributed by atoms with van der Waals surface area (Å²) in [6.07, 6.45) is 4.43. The van der Waals surface area contributed by atoms with Crippen LogP contribution in [0.3, 0.4) is 0 Å². The van der Waals surface area contributed by atoms with Crippen LogP contribution in [0.15, 0.2) is 29.6 Å². The monoisotopic (exact) mass is 381 g/mol. The second-order valence-corrected chi connectivity index (χ2v) is 12.2. The number of rotatable bonds is 5. The van der Waals surface area contributed by atoms with Crippen molar-refractivity contribution in [1.29, 1.82) is 0 Å². The minimum Gasteiger partial charge on any atom is -0.416 e. The first kappa shape index (κ1) is 17.4. The quantitative estimate of drug-likeness (QED) is 0.681. The molecule has 0 unspecified atom stereocenters. The van der Waals surface area contributed by atoms with Crippen molar-refractivity contribution in [2.45, 2.75) is 45.3 Å². The molecule has 0 N–H and O–H groups in total. The molecule has 0 radical (unpaired) electrons. The Hall–Kier alpha value is -0.983. The maximum atomic E-state index is 6.26. The summed E-state index contributed by atoms with van der Waals surface area (Å²) in [7, 11) is -1.71. The lowest BCUT2D eigenvalue weighted by Crippen LogP contribution is -2.41. The lowest BCUT2D eigenvalue weighted by molar-refractivity contribution is 0.295. The van der Waals surface area contributed by atoms with Crippen molar-refractivity contribution in [2.75, 3.05) is 6.61 Å². The average Bonchev–Trinajstić information content (AvgIpc) is 2.86. The summed E-state index contributed by atoms with van der Waals surface area (Å²) in [5.41, 5.74) is 2.88. The average molecular weight is 382 g/mol. The largest absolute Gasteiger partial charge is 0.416 e. The van der Waals surface area contributed by atoms with E-state index in [-0.39, 0.29) is 5.04 Å². The summed E-state index contributed by atoms with van der Waals surface area (Å²) in [5.74, 6) is 0. The highest BCUT2D eigenvalue weighted by atomic mass is 79.9. The summed E-state index contributed by atoms with van der Waals surface area (Å²) in [6.45, 7) is 12.0. The van der Waals surface area contributed by atoms with Crippen LogP contribution in [0.25, 0.3) is 16.9 Å². The van der Waals surface area contributed by atoms with Crippen molar-refractivity contribution in [1.82, 2.24) is 14.5 Å². The summed E-state index contributed by atoms with van der Waals surface area (Å²) in [4.78, 5) is 10.7. The van der Waals surface area contributed by atoms with Gasteiger partial charge in [0, 0.05) is 29.9 Å². The topological polar surface area (TPSA) is 39.9 Å². The van der Waals surface area contributed by atoms with Crippen LogP contribution in [0.5, 0.6) is 0 Å². The number of halogens is 1. The van der Waals surface area contributed by atoms with Gasteiger partial charge < -0.3 is 4.43 Å². The van der Waals surface area contributed by atoms with Gasteiger partial charge in [0.1, 0.15) is 11.8 Å². The zero-order valence-electron chi connectivity index (χ0n) is 13.9. The summed E-state index contributed by atoms with van der Waals surface area (Å²) < 4.78 is 8.27. The van der Waals surface area contributed by atoms with Gasteiger partial charge in [0.05, 0.1) is 0 Å². The SMILES string of the molecule is CC(C)(C)[Si](C)(C)OCC/C(=C/Br)n1cnc2cccnc21. The van der Waals surface area contributed by atoms with Crippen molar-refractivity contribution in [3.05, 3.63) is 29.6 Å². The number of aromatic nitrogens is 3. The molecule has 2 heterocycles. The lowest BCUT2D eigenvalue weighted by Gasteiger charge is -2.36. The van der Waals surface area contributed by atoms with E-state index in [1.165, 1.54) is 0 Å². The Labute approximate surface area is 141 Å². The van der Waals surface area contributed by atoms with Gasteiger partial charge in [-0.1, -0.05) is 36.7 Å². The van der Waals surface area contributed by atoms with E-state index in [0.29, 0.717) is 6.61 Å². The van der Waals surface area contributed by atoms with Crippen LogP contribution in [0.4, 0.5) is 0 Å². The van der Waals surface area contributed by atoms with Crippen molar-refractivity contribution < 1.29 is 4.43 Å². The molecule has 0 amide bonds. The fourth-order valence-corrected chi connectivity index (χ4v) is 3.41. The van der Waals surface area contributed by atoms with E-state index in [0.717, 1.165) is 23.3 Å². The molecule has 2 rings (SSSR count). The highest BCUT2D eigenvalue weighted by Gasteiger charge is 2.36. The summed E-state index contributed by atoms with van der Waals surface area (Å²) >= 11 is 3.46. The molecule has 0 atom stereocenters. The Morgan fingerprint density at radius 2 is 2.09 bits per heavy atom. The fourth-order valence-electron chi connectivity index (χ4n) is 1.91. The van der Waals surface area contributed by atoms with Gasteiger partial charge in [-0.05, 0) is 30.3 Å². The van der Waals surface area contributed by atoms with Gasteiger partial charge in [-0.3, -0.25) is 4.57 Å². The molecule has 0 saturated heterocycles. The Kier molecular flexibility index (Phi) is 5.24. The number of fused-ring (bicyclic) bond motifs is 1. The van der Waals surface area contributed by atoms with Crippen molar-refractivity contribution >= 4 is 41.1 Å². The minimum atomic E-state index is -1.71. The molecule has 0 fully saturated rings. The molecule has 0 aliphatic carbocycles. The van der Waals surface area contributed by atoms with E-state index in [2.05, 4.69) is 59.8 Å². The van der Waals surface area contributed by atoms with Crippen LogP contribution in [-0.4, -0.2) is 29.5 Å². The molecule has 2 aromatic rings. The first-order valence-electron chi connectivity index (χ1n) is 7.48. The minimum absolute atomic E-state index is 0.231. The van der Waals surface area contributed by atoms with E-state index in [1.54, 1.807) is 6.20 Å². The summed E-state index contributed by atoms with van der Waals surface area (Å²) in [5, 5.41) is 0.231. The number of hydrogen-bond donors (Lipinski definition) is 0. The van der Waals surface area contributed by atoms with Gasteiger partial charge in [0.2, 0.25) is 0 Å². The molecule has 0 saturated carbocycles. The maximum Gasteiger partial charge on any atom is 0.191 e. The van der Waals surface area contributed by atoms with Crippen molar-refractivity contribution in [3.8, 4) is 0 Å². The zero-order valence-corrected chi connectivity index (χ0v) is 16.5. The van der Waals surface area contributed by atoms with Gasteiger partial charge in [-0.25, -0.2) is 9.97 Å². The molecule has 0 aliphatic rings. The molecule has 2 aromatic heterocycles. The second-order valence-electron chi connectivity index (χ2n) is 6.92. The Morgan fingerprint density at radius 3 is 2.73 bits per heavy atom. The predicted molar refractivity (Wildman–Crippen MR) is 98.5 cm³/mol. The Balaban J connectivity index is 2.08. The molecule has 0 spiro atoms. The molecular formula is C16H24BrN3OSi. The van der Waals surface area contributed by atoms with Gasteiger partial charge >= 0.3 is 0 Å². The number of nitrogens with zero attached hydrogens (tertiary/aromatic N) is 3. The van der Waals surface area contributed by atoms with E-state index < -0.39 is 8.32 Å². The molecule has 0 aromatic carbocycles. The van der Waals surface area contributed by atoms with Gasteiger partial charge in [-0.2, -0.15) is 0 Å². The third kappa shape index (κ3) is 3.67. The van der Waals surface area contributed by atoms with E-state index in [9.17, 15) is 0 Å². The van der Waals surface area contributed by atoms with Crippen molar-refractivity contribution in [2.24, 2.45) is 0 Å². The standard InChI is InChI=1S/C16H24BrN3OSi/c1-16(2,3)22(4,5)21-10-8-13(11-17)20-12-19-14-7-6-9-18-15(14)20/h6-7,9,11-12H,8,10H2,1-5H3/b13-11-. The zero-order chi connectivity index (χ0) is 16.4. The predicted octanol–water partition coefficient (Wildman–Crippen LogP) is 5.04. The molecule has 22 heavy (non-hydrogen) atoms. The van der Waals surface area contributed by atoms with Crippen LogP contribution in [0, 0.1) is 0 Å². The van der Waals surface area contributed by atoms with Crippen molar-refractivity contribution in [3.63, 3.8) is 0 Å². The smallest absolute Gasteiger partial charge is 0.191 e. The Morgan fingerprint density at radius 1 is 1.36 bits per heavy atom. The first-order chi connectivity index (χ1) is 10.3. The summed E-state index contributed by atoms with van der Waals surface area (Å²) in [6, 6.07) is 3.87. The van der Waals surface area contributed by atoms with Crippen LogP contribution < -0.4 is 0 Å². The number of pyridine rings is 1. The highest BCUT2D eigenvalue weighted by molar-refractivity contribution is 9.11. The maximum absolute atomic E-state index is 6.26. The van der Waals surface area contributed by atoms with Crippen LogP contribution in [0.1, 0.15) is 27.2 Å². The molecule has 6 heteroatoms. The van der Waals surface area contributed by atoms with E-state index >= 15 is 0 Å². The fraction of sp³-hybridized carbons (Fsp3) is 0.500. The number of imidazole rings is 1.